The maximum absolute atomic E-state index is 12.5. The number of aromatic amines is 1. The summed E-state index contributed by atoms with van der Waals surface area (Å²) in [5.41, 5.74) is 2.93. The molecule has 0 fully saturated rings. The SMILES string of the molecule is Cc1nc2c(s1)CCC[C@@H]2CN(C)C(=O)c1cc[nH]c1C. The van der Waals surface area contributed by atoms with Crippen LogP contribution in [0.25, 0.3) is 0 Å². The highest BCUT2D eigenvalue weighted by molar-refractivity contribution is 7.11. The van der Waals surface area contributed by atoms with Gasteiger partial charge in [-0.2, -0.15) is 0 Å². The van der Waals surface area contributed by atoms with Crippen molar-refractivity contribution in [3.8, 4) is 0 Å². The first-order valence-electron chi connectivity index (χ1n) is 7.42. The first-order chi connectivity index (χ1) is 10.1. The molecule has 2 heterocycles. The average molecular weight is 303 g/mol. The van der Waals surface area contributed by atoms with Gasteiger partial charge in [0.2, 0.25) is 0 Å². The van der Waals surface area contributed by atoms with Crippen molar-refractivity contribution in [1.82, 2.24) is 14.9 Å². The lowest BCUT2D eigenvalue weighted by atomic mass is 9.90. The standard InChI is InChI=1S/C16H21N3OS/c1-10-13(7-8-17-10)16(20)19(3)9-12-5-4-6-14-15(12)18-11(2)21-14/h7-8,12,17H,4-6,9H2,1-3H3/t12-/m1/s1. The van der Waals surface area contributed by atoms with Gasteiger partial charge in [-0.05, 0) is 39.2 Å². The molecule has 1 aliphatic carbocycles. The number of hydrogen-bond donors (Lipinski definition) is 1. The average Bonchev–Trinajstić information content (AvgIpc) is 3.03. The van der Waals surface area contributed by atoms with Crippen LogP contribution in [0, 0.1) is 13.8 Å². The van der Waals surface area contributed by atoms with Crippen molar-refractivity contribution >= 4 is 17.2 Å². The smallest absolute Gasteiger partial charge is 0.255 e. The van der Waals surface area contributed by atoms with Crippen molar-refractivity contribution in [3.05, 3.63) is 39.1 Å². The molecule has 4 nitrogen and oxygen atoms in total. The first kappa shape index (κ1) is 14.3. The number of aryl methyl sites for hydroxylation is 3. The van der Waals surface area contributed by atoms with Gasteiger partial charge in [-0.15, -0.1) is 11.3 Å². The molecule has 1 atom stereocenters. The Hall–Kier alpha value is -1.62. The third-order valence-electron chi connectivity index (χ3n) is 4.20. The van der Waals surface area contributed by atoms with Gasteiger partial charge in [0.05, 0.1) is 16.3 Å². The quantitative estimate of drug-likeness (QED) is 0.946. The summed E-state index contributed by atoms with van der Waals surface area (Å²) in [5, 5.41) is 1.14. The van der Waals surface area contributed by atoms with E-state index < -0.39 is 0 Å². The molecule has 3 rings (SSSR count). The number of carbonyl (C=O) groups is 1. The van der Waals surface area contributed by atoms with Crippen molar-refractivity contribution in [3.63, 3.8) is 0 Å². The van der Waals surface area contributed by atoms with Crippen LogP contribution in [0.1, 0.15) is 50.4 Å². The fourth-order valence-electron chi connectivity index (χ4n) is 3.11. The molecule has 0 saturated carbocycles. The van der Waals surface area contributed by atoms with Crippen molar-refractivity contribution in [2.75, 3.05) is 13.6 Å². The van der Waals surface area contributed by atoms with Gasteiger partial charge >= 0.3 is 0 Å². The summed E-state index contributed by atoms with van der Waals surface area (Å²) in [6.07, 6.45) is 5.29. The number of rotatable bonds is 3. The van der Waals surface area contributed by atoms with Gasteiger partial charge in [0.15, 0.2) is 0 Å². The number of fused-ring (bicyclic) bond motifs is 1. The van der Waals surface area contributed by atoms with E-state index in [1.54, 1.807) is 0 Å². The van der Waals surface area contributed by atoms with E-state index in [0.717, 1.165) is 35.7 Å². The number of amides is 1. The van der Waals surface area contributed by atoms with Crippen LogP contribution in [0.2, 0.25) is 0 Å². The summed E-state index contributed by atoms with van der Waals surface area (Å²) in [7, 11) is 1.89. The number of hydrogen-bond acceptors (Lipinski definition) is 3. The Kier molecular flexibility index (Phi) is 3.85. The van der Waals surface area contributed by atoms with Crippen LogP contribution < -0.4 is 0 Å². The van der Waals surface area contributed by atoms with Gasteiger partial charge in [-0.1, -0.05) is 0 Å². The highest BCUT2D eigenvalue weighted by atomic mass is 32.1. The number of nitrogens with zero attached hydrogens (tertiary/aromatic N) is 2. The van der Waals surface area contributed by atoms with Crippen LogP contribution in [0.5, 0.6) is 0 Å². The molecule has 1 N–H and O–H groups in total. The predicted octanol–water partition coefficient (Wildman–Crippen LogP) is 3.28. The molecule has 112 valence electrons. The third kappa shape index (κ3) is 2.75. The fraction of sp³-hybridized carbons (Fsp3) is 0.500. The molecule has 0 aliphatic heterocycles. The topological polar surface area (TPSA) is 49.0 Å². The Bertz CT molecular complexity index is 658. The number of H-pyrrole nitrogens is 1. The molecule has 0 bridgehead atoms. The Balaban J connectivity index is 1.75. The van der Waals surface area contributed by atoms with Gasteiger partial charge in [-0.25, -0.2) is 4.98 Å². The third-order valence-corrected chi connectivity index (χ3v) is 5.25. The van der Waals surface area contributed by atoms with Gasteiger partial charge < -0.3 is 9.88 Å². The van der Waals surface area contributed by atoms with Crippen molar-refractivity contribution in [2.24, 2.45) is 0 Å². The van der Waals surface area contributed by atoms with Crippen LogP contribution in [-0.2, 0) is 6.42 Å². The van der Waals surface area contributed by atoms with Gasteiger partial charge in [-0.3, -0.25) is 4.79 Å². The molecule has 1 amide bonds. The summed E-state index contributed by atoms with van der Waals surface area (Å²) in [4.78, 5) is 23.5. The van der Waals surface area contributed by atoms with E-state index in [1.807, 2.05) is 42.5 Å². The van der Waals surface area contributed by atoms with E-state index in [0.29, 0.717) is 5.92 Å². The number of nitrogens with one attached hydrogen (secondary N) is 1. The maximum Gasteiger partial charge on any atom is 0.255 e. The van der Waals surface area contributed by atoms with E-state index in [2.05, 4.69) is 11.9 Å². The van der Waals surface area contributed by atoms with E-state index in [1.165, 1.54) is 17.0 Å². The zero-order valence-corrected chi connectivity index (χ0v) is 13.6. The Labute approximate surface area is 129 Å². The summed E-state index contributed by atoms with van der Waals surface area (Å²) < 4.78 is 0. The second-order valence-corrected chi connectivity index (χ2v) is 7.12. The highest BCUT2D eigenvalue weighted by Gasteiger charge is 2.27. The number of thiazole rings is 1. The Morgan fingerprint density at radius 2 is 2.33 bits per heavy atom. The predicted molar refractivity (Wildman–Crippen MR) is 85.0 cm³/mol. The molecule has 5 heteroatoms. The zero-order valence-electron chi connectivity index (χ0n) is 12.8. The zero-order chi connectivity index (χ0) is 15.0. The second kappa shape index (κ2) is 5.64. The molecule has 0 saturated heterocycles. The summed E-state index contributed by atoms with van der Waals surface area (Å²) in [5.74, 6) is 0.472. The fourth-order valence-corrected chi connectivity index (χ4v) is 4.17. The summed E-state index contributed by atoms with van der Waals surface area (Å²) >= 11 is 1.81. The van der Waals surface area contributed by atoms with Crippen LogP contribution >= 0.6 is 11.3 Å². The van der Waals surface area contributed by atoms with E-state index in [4.69, 9.17) is 4.98 Å². The molecule has 0 radical (unpaired) electrons. The van der Waals surface area contributed by atoms with Gasteiger partial charge in [0.25, 0.3) is 5.91 Å². The minimum absolute atomic E-state index is 0.0906. The van der Waals surface area contributed by atoms with Crippen LogP contribution in [0.15, 0.2) is 12.3 Å². The monoisotopic (exact) mass is 303 g/mol. The van der Waals surface area contributed by atoms with Crippen LogP contribution in [-0.4, -0.2) is 34.4 Å². The molecule has 21 heavy (non-hydrogen) atoms. The van der Waals surface area contributed by atoms with E-state index in [9.17, 15) is 4.79 Å². The van der Waals surface area contributed by atoms with Crippen LogP contribution in [0.3, 0.4) is 0 Å². The van der Waals surface area contributed by atoms with Gasteiger partial charge in [0.1, 0.15) is 0 Å². The lowest BCUT2D eigenvalue weighted by molar-refractivity contribution is 0.0782. The molecule has 0 unspecified atom stereocenters. The van der Waals surface area contributed by atoms with E-state index in [-0.39, 0.29) is 5.91 Å². The van der Waals surface area contributed by atoms with Crippen molar-refractivity contribution < 1.29 is 4.79 Å². The molecular formula is C16H21N3OS. The largest absolute Gasteiger partial charge is 0.365 e. The maximum atomic E-state index is 12.5. The number of carbonyl (C=O) groups excluding carboxylic acids is 1. The van der Waals surface area contributed by atoms with Crippen molar-refractivity contribution in [2.45, 2.75) is 39.0 Å². The first-order valence-corrected chi connectivity index (χ1v) is 8.23. The summed E-state index contributed by atoms with van der Waals surface area (Å²) in [6.45, 7) is 4.75. The minimum Gasteiger partial charge on any atom is -0.365 e. The Morgan fingerprint density at radius 1 is 1.52 bits per heavy atom. The molecular weight excluding hydrogens is 282 g/mol. The highest BCUT2D eigenvalue weighted by Crippen LogP contribution is 2.35. The Morgan fingerprint density at radius 3 is 3.05 bits per heavy atom. The summed E-state index contributed by atoms with van der Waals surface area (Å²) in [6, 6.07) is 1.85. The minimum atomic E-state index is 0.0906. The number of aromatic nitrogens is 2. The lowest BCUT2D eigenvalue weighted by Crippen LogP contribution is -2.32. The van der Waals surface area contributed by atoms with Crippen LogP contribution in [0.4, 0.5) is 0 Å². The van der Waals surface area contributed by atoms with E-state index >= 15 is 0 Å². The number of likely N-dealkylation sites (N-methyl/N-ethyl adjacent to an activating group) is 1. The molecule has 2 aromatic heterocycles. The second-order valence-electron chi connectivity index (χ2n) is 5.83. The van der Waals surface area contributed by atoms with Crippen molar-refractivity contribution in [1.29, 1.82) is 0 Å². The molecule has 0 spiro atoms. The lowest BCUT2D eigenvalue weighted by Gasteiger charge is -2.26. The molecule has 1 aliphatic rings. The molecule has 2 aromatic rings. The normalized spacial score (nSPS) is 17.6. The molecule has 0 aromatic carbocycles. The van der Waals surface area contributed by atoms with Gasteiger partial charge in [0, 0.05) is 36.3 Å².